The fourth-order valence-electron chi connectivity index (χ4n) is 1.94. The summed E-state index contributed by atoms with van der Waals surface area (Å²) < 4.78 is 24.4. The maximum atomic E-state index is 13.3. The molecule has 1 heterocycles. The Morgan fingerprint density at radius 1 is 1.48 bits per heavy atom. The van der Waals surface area contributed by atoms with Gasteiger partial charge >= 0.3 is 0 Å². The van der Waals surface area contributed by atoms with E-state index in [2.05, 4.69) is 5.32 Å². The Morgan fingerprint density at radius 3 is 2.95 bits per heavy atom. The fourth-order valence-corrected chi connectivity index (χ4v) is 1.94. The van der Waals surface area contributed by atoms with Gasteiger partial charge in [-0.15, -0.1) is 0 Å². The van der Waals surface area contributed by atoms with E-state index in [1.807, 2.05) is 0 Å². The third-order valence-electron chi connectivity index (χ3n) is 3.00. The van der Waals surface area contributed by atoms with Crippen molar-refractivity contribution in [1.29, 1.82) is 10.5 Å². The van der Waals surface area contributed by atoms with Gasteiger partial charge in [0.05, 0.1) is 11.8 Å². The molecule has 1 aliphatic rings. The molecule has 1 saturated heterocycles. The number of hydrogen-bond donors (Lipinski definition) is 1. The Labute approximate surface area is 122 Å². The first-order valence-corrected chi connectivity index (χ1v) is 6.54. The molecule has 1 fully saturated rings. The zero-order valence-electron chi connectivity index (χ0n) is 11.3. The number of allylic oxidation sites excluding steroid dienone is 1. The van der Waals surface area contributed by atoms with Crippen LogP contribution in [0.4, 0.5) is 10.1 Å². The normalized spacial score (nSPS) is 16.6. The first kappa shape index (κ1) is 14.8. The second-order valence-corrected chi connectivity index (χ2v) is 4.51. The number of nitrogens with one attached hydrogen (secondary N) is 1. The summed E-state index contributed by atoms with van der Waals surface area (Å²) in [6, 6.07) is 7.46. The number of ether oxygens (including phenoxy) is 2. The molecule has 5 nitrogen and oxygen atoms in total. The molecule has 0 spiro atoms. The van der Waals surface area contributed by atoms with E-state index in [0.717, 1.165) is 19.4 Å². The molecular formula is C15H14FN3O2. The van der Waals surface area contributed by atoms with Crippen molar-refractivity contribution >= 4 is 5.69 Å². The van der Waals surface area contributed by atoms with Crippen molar-refractivity contribution in [1.82, 2.24) is 0 Å². The molecule has 0 aromatic heterocycles. The van der Waals surface area contributed by atoms with E-state index in [1.54, 1.807) is 12.1 Å². The second-order valence-electron chi connectivity index (χ2n) is 4.51. The summed E-state index contributed by atoms with van der Waals surface area (Å²) in [6.45, 7) is 1.12. The molecule has 1 unspecified atom stereocenters. The van der Waals surface area contributed by atoms with Crippen molar-refractivity contribution < 1.29 is 13.9 Å². The summed E-state index contributed by atoms with van der Waals surface area (Å²) in [6.07, 6.45) is 3.22. The third-order valence-corrected chi connectivity index (χ3v) is 3.00. The van der Waals surface area contributed by atoms with E-state index in [9.17, 15) is 4.39 Å². The molecule has 0 aliphatic carbocycles. The molecule has 0 amide bonds. The lowest BCUT2D eigenvalue weighted by atomic mass is 10.2. The maximum absolute atomic E-state index is 13.3. The number of rotatable bonds is 5. The number of nitriles is 2. The predicted octanol–water partition coefficient (Wildman–Crippen LogP) is 2.73. The summed E-state index contributed by atoms with van der Waals surface area (Å²) in [5.74, 6) is 0.00390. The lowest BCUT2D eigenvalue weighted by Gasteiger charge is -2.14. The Bertz CT molecular complexity index is 594. The van der Waals surface area contributed by atoms with Gasteiger partial charge in [0.2, 0.25) is 0 Å². The Hall–Kier alpha value is -2.57. The number of benzene rings is 1. The van der Waals surface area contributed by atoms with E-state index in [0.29, 0.717) is 18.0 Å². The zero-order chi connectivity index (χ0) is 15.1. The Kier molecular flexibility index (Phi) is 5.14. The highest BCUT2D eigenvalue weighted by Gasteiger charge is 2.16. The summed E-state index contributed by atoms with van der Waals surface area (Å²) in [4.78, 5) is 0. The highest BCUT2D eigenvalue weighted by Crippen LogP contribution is 2.26. The molecule has 2 rings (SSSR count). The average Bonchev–Trinajstić information content (AvgIpc) is 3.01. The van der Waals surface area contributed by atoms with Gasteiger partial charge in [0.1, 0.15) is 35.9 Å². The lowest BCUT2D eigenvalue weighted by molar-refractivity contribution is 0.0682. The lowest BCUT2D eigenvalue weighted by Crippen LogP contribution is -2.16. The third kappa shape index (κ3) is 4.20. The SMILES string of the molecule is N#CC(C#N)=CNc1cc(F)ccc1OCC1CCCO1. The molecule has 0 bridgehead atoms. The standard InChI is InChI=1S/C15H14FN3O2/c16-12-3-4-15(21-10-13-2-1-5-20-13)14(6-12)19-9-11(7-17)8-18/h3-4,6,9,13,19H,1-2,5,10H2. The van der Waals surface area contributed by atoms with Crippen LogP contribution in [0.2, 0.25) is 0 Å². The first-order chi connectivity index (χ1) is 10.2. The van der Waals surface area contributed by atoms with E-state index in [-0.39, 0.29) is 11.7 Å². The minimum atomic E-state index is -0.439. The second kappa shape index (κ2) is 7.28. The molecule has 6 heteroatoms. The highest BCUT2D eigenvalue weighted by atomic mass is 19.1. The van der Waals surface area contributed by atoms with Gasteiger partial charge in [0.15, 0.2) is 0 Å². The van der Waals surface area contributed by atoms with Crippen LogP contribution in [-0.2, 0) is 4.74 Å². The van der Waals surface area contributed by atoms with Gasteiger partial charge in [-0.1, -0.05) is 0 Å². The molecular weight excluding hydrogens is 273 g/mol. The summed E-state index contributed by atoms with van der Waals surface area (Å²) in [5, 5.41) is 20.1. The van der Waals surface area contributed by atoms with Crippen molar-refractivity contribution in [2.75, 3.05) is 18.5 Å². The monoisotopic (exact) mass is 287 g/mol. The summed E-state index contributed by atoms with van der Waals surface area (Å²) in [7, 11) is 0. The molecule has 1 aromatic rings. The van der Waals surface area contributed by atoms with Crippen LogP contribution in [0.3, 0.4) is 0 Å². The van der Waals surface area contributed by atoms with Crippen LogP contribution in [-0.4, -0.2) is 19.3 Å². The molecule has 0 radical (unpaired) electrons. The van der Waals surface area contributed by atoms with Crippen LogP contribution in [0, 0.1) is 28.5 Å². The molecule has 0 saturated carbocycles. The van der Waals surface area contributed by atoms with E-state index in [4.69, 9.17) is 20.0 Å². The zero-order valence-corrected chi connectivity index (χ0v) is 11.3. The number of hydrogen-bond acceptors (Lipinski definition) is 5. The van der Waals surface area contributed by atoms with Crippen LogP contribution in [0.15, 0.2) is 30.0 Å². The van der Waals surface area contributed by atoms with E-state index in [1.165, 1.54) is 24.4 Å². The van der Waals surface area contributed by atoms with Crippen LogP contribution in [0.1, 0.15) is 12.8 Å². The molecule has 21 heavy (non-hydrogen) atoms. The smallest absolute Gasteiger partial charge is 0.145 e. The first-order valence-electron chi connectivity index (χ1n) is 6.54. The molecule has 1 aromatic carbocycles. The van der Waals surface area contributed by atoms with Gasteiger partial charge in [-0.05, 0) is 25.0 Å². The predicted molar refractivity (Wildman–Crippen MR) is 73.8 cm³/mol. The Balaban J connectivity index is 2.08. The van der Waals surface area contributed by atoms with Crippen molar-refractivity contribution in [2.45, 2.75) is 18.9 Å². The molecule has 1 atom stereocenters. The van der Waals surface area contributed by atoms with Crippen molar-refractivity contribution in [3.05, 3.63) is 35.8 Å². The topological polar surface area (TPSA) is 78.1 Å². The maximum Gasteiger partial charge on any atom is 0.145 e. The van der Waals surface area contributed by atoms with Crippen LogP contribution in [0.25, 0.3) is 0 Å². The quantitative estimate of drug-likeness (QED) is 0.842. The largest absolute Gasteiger partial charge is 0.489 e. The molecule has 108 valence electrons. The van der Waals surface area contributed by atoms with Crippen molar-refractivity contribution in [2.24, 2.45) is 0 Å². The molecule has 1 N–H and O–H groups in total. The van der Waals surface area contributed by atoms with Crippen LogP contribution < -0.4 is 10.1 Å². The van der Waals surface area contributed by atoms with E-state index < -0.39 is 5.82 Å². The minimum absolute atomic E-state index is 0.0484. The van der Waals surface area contributed by atoms with E-state index >= 15 is 0 Å². The number of anilines is 1. The number of nitrogens with zero attached hydrogens (tertiary/aromatic N) is 2. The molecule has 1 aliphatic heterocycles. The minimum Gasteiger partial charge on any atom is -0.489 e. The van der Waals surface area contributed by atoms with Gasteiger partial charge in [-0.3, -0.25) is 0 Å². The summed E-state index contributed by atoms with van der Waals surface area (Å²) in [5.41, 5.74) is 0.250. The van der Waals surface area contributed by atoms with Crippen LogP contribution in [0.5, 0.6) is 5.75 Å². The average molecular weight is 287 g/mol. The van der Waals surface area contributed by atoms with Crippen LogP contribution >= 0.6 is 0 Å². The highest BCUT2D eigenvalue weighted by molar-refractivity contribution is 5.59. The van der Waals surface area contributed by atoms with Gasteiger partial charge in [-0.2, -0.15) is 10.5 Å². The fraction of sp³-hybridized carbons (Fsp3) is 0.333. The van der Waals surface area contributed by atoms with Gasteiger partial charge < -0.3 is 14.8 Å². The van der Waals surface area contributed by atoms with Gasteiger partial charge in [0.25, 0.3) is 0 Å². The van der Waals surface area contributed by atoms with Gasteiger partial charge in [-0.25, -0.2) is 4.39 Å². The van der Waals surface area contributed by atoms with Gasteiger partial charge in [0, 0.05) is 18.9 Å². The number of halogens is 1. The Morgan fingerprint density at radius 2 is 2.29 bits per heavy atom. The van der Waals surface area contributed by atoms with Crippen molar-refractivity contribution in [3.8, 4) is 17.9 Å². The van der Waals surface area contributed by atoms with Crippen molar-refractivity contribution in [3.63, 3.8) is 0 Å². The summed E-state index contributed by atoms with van der Waals surface area (Å²) >= 11 is 0.